The van der Waals surface area contributed by atoms with Crippen LogP contribution < -0.4 is 11.3 Å². The van der Waals surface area contributed by atoms with Crippen molar-refractivity contribution >= 4 is 5.82 Å². The van der Waals surface area contributed by atoms with E-state index in [1.807, 2.05) is 13.8 Å². The fraction of sp³-hybridized carbons (Fsp3) is 0.556. The fourth-order valence-corrected chi connectivity index (χ4v) is 1.24. The summed E-state index contributed by atoms with van der Waals surface area (Å²) in [6.07, 6.45) is 0.566. The van der Waals surface area contributed by atoms with Crippen LogP contribution >= 0.6 is 0 Å². The van der Waals surface area contributed by atoms with Crippen molar-refractivity contribution in [2.75, 3.05) is 12.3 Å². The normalized spacial score (nSPS) is 12.7. The molecule has 0 amide bonds. The number of nitrogen functional groups attached to an aromatic ring is 1. The van der Waals surface area contributed by atoms with Gasteiger partial charge in [-0.05, 0) is 13.3 Å². The molecule has 1 unspecified atom stereocenters. The molecule has 0 bridgehead atoms. The summed E-state index contributed by atoms with van der Waals surface area (Å²) in [7, 11) is 0. The molecule has 0 aromatic carbocycles. The Hall–Kier alpha value is -1.36. The van der Waals surface area contributed by atoms with Crippen molar-refractivity contribution in [2.45, 2.75) is 26.4 Å². The minimum absolute atomic E-state index is 0.184. The highest BCUT2D eigenvalue weighted by Gasteiger charge is 2.11. The Morgan fingerprint density at radius 2 is 2.36 bits per heavy atom. The van der Waals surface area contributed by atoms with Gasteiger partial charge in [0.2, 0.25) is 0 Å². The van der Waals surface area contributed by atoms with Gasteiger partial charge in [-0.3, -0.25) is 4.79 Å². The molecule has 1 aromatic rings. The third kappa shape index (κ3) is 2.56. The number of anilines is 1. The zero-order valence-electron chi connectivity index (χ0n) is 8.41. The SMILES string of the molecule is CCOC(CC)c1nc(N)cc(=O)[nH]1. The number of ether oxygens (including phenoxy) is 1. The smallest absolute Gasteiger partial charge is 0.253 e. The number of hydrogen-bond donors (Lipinski definition) is 2. The van der Waals surface area contributed by atoms with Crippen molar-refractivity contribution in [3.05, 3.63) is 22.2 Å². The number of aromatic nitrogens is 2. The topological polar surface area (TPSA) is 81.0 Å². The number of H-pyrrole nitrogens is 1. The van der Waals surface area contributed by atoms with Crippen LogP contribution in [0.15, 0.2) is 10.9 Å². The second kappa shape index (κ2) is 4.76. The zero-order chi connectivity index (χ0) is 10.6. The van der Waals surface area contributed by atoms with Crippen LogP contribution in [0.1, 0.15) is 32.2 Å². The van der Waals surface area contributed by atoms with E-state index in [-0.39, 0.29) is 17.5 Å². The van der Waals surface area contributed by atoms with Gasteiger partial charge in [0.15, 0.2) is 0 Å². The van der Waals surface area contributed by atoms with Crippen LogP contribution in [-0.2, 0) is 4.74 Å². The standard InChI is InChI=1S/C9H15N3O2/c1-3-6(14-4-2)9-11-7(10)5-8(13)12-9/h5-6H,3-4H2,1-2H3,(H3,10,11,12,13). The molecule has 0 fully saturated rings. The Morgan fingerprint density at radius 3 is 2.86 bits per heavy atom. The van der Waals surface area contributed by atoms with E-state index in [9.17, 15) is 4.79 Å². The first kappa shape index (κ1) is 10.7. The Labute approximate surface area is 82.3 Å². The van der Waals surface area contributed by atoms with Crippen LogP contribution in [-0.4, -0.2) is 16.6 Å². The summed E-state index contributed by atoms with van der Waals surface area (Å²) < 4.78 is 5.40. The maximum Gasteiger partial charge on any atom is 0.253 e. The summed E-state index contributed by atoms with van der Waals surface area (Å²) in [5, 5.41) is 0. The molecule has 1 aromatic heterocycles. The molecule has 1 rings (SSSR count). The molecule has 0 radical (unpaired) electrons. The highest BCUT2D eigenvalue weighted by molar-refractivity contribution is 5.25. The molecule has 78 valence electrons. The van der Waals surface area contributed by atoms with Gasteiger partial charge in [-0.15, -0.1) is 0 Å². The minimum Gasteiger partial charge on any atom is -0.383 e. The molecular weight excluding hydrogens is 182 g/mol. The van der Waals surface area contributed by atoms with Crippen LogP contribution in [0.25, 0.3) is 0 Å². The number of aromatic amines is 1. The molecule has 14 heavy (non-hydrogen) atoms. The number of nitrogens with zero attached hydrogens (tertiary/aromatic N) is 1. The molecule has 1 heterocycles. The fourth-order valence-electron chi connectivity index (χ4n) is 1.24. The highest BCUT2D eigenvalue weighted by atomic mass is 16.5. The first-order valence-electron chi connectivity index (χ1n) is 4.65. The van der Waals surface area contributed by atoms with E-state index < -0.39 is 0 Å². The zero-order valence-corrected chi connectivity index (χ0v) is 8.41. The van der Waals surface area contributed by atoms with Gasteiger partial charge in [0, 0.05) is 12.7 Å². The maximum absolute atomic E-state index is 11.1. The van der Waals surface area contributed by atoms with E-state index in [1.165, 1.54) is 6.07 Å². The van der Waals surface area contributed by atoms with E-state index in [4.69, 9.17) is 10.5 Å². The molecule has 0 aliphatic heterocycles. The van der Waals surface area contributed by atoms with Crippen LogP contribution in [0, 0.1) is 0 Å². The first-order valence-corrected chi connectivity index (χ1v) is 4.65. The second-order valence-corrected chi connectivity index (χ2v) is 2.91. The van der Waals surface area contributed by atoms with Gasteiger partial charge in [0.1, 0.15) is 17.7 Å². The van der Waals surface area contributed by atoms with Crippen molar-refractivity contribution in [3.63, 3.8) is 0 Å². The van der Waals surface area contributed by atoms with Gasteiger partial charge in [-0.25, -0.2) is 4.98 Å². The number of nitrogens with one attached hydrogen (secondary N) is 1. The molecular formula is C9H15N3O2. The van der Waals surface area contributed by atoms with Gasteiger partial charge in [-0.1, -0.05) is 6.92 Å². The van der Waals surface area contributed by atoms with Crippen LogP contribution in [0.5, 0.6) is 0 Å². The van der Waals surface area contributed by atoms with E-state index in [2.05, 4.69) is 9.97 Å². The van der Waals surface area contributed by atoms with Crippen molar-refractivity contribution in [1.29, 1.82) is 0 Å². The van der Waals surface area contributed by atoms with E-state index >= 15 is 0 Å². The van der Waals surface area contributed by atoms with Gasteiger partial charge >= 0.3 is 0 Å². The Kier molecular flexibility index (Phi) is 3.64. The molecule has 1 atom stereocenters. The third-order valence-corrected chi connectivity index (χ3v) is 1.82. The van der Waals surface area contributed by atoms with Crippen LogP contribution in [0.4, 0.5) is 5.82 Å². The lowest BCUT2D eigenvalue weighted by molar-refractivity contribution is 0.0534. The quantitative estimate of drug-likeness (QED) is 0.749. The van der Waals surface area contributed by atoms with Crippen LogP contribution in [0.2, 0.25) is 0 Å². The van der Waals surface area contributed by atoms with Crippen LogP contribution in [0.3, 0.4) is 0 Å². The minimum atomic E-state index is -0.245. The molecule has 5 nitrogen and oxygen atoms in total. The lowest BCUT2D eigenvalue weighted by atomic mass is 10.2. The number of rotatable bonds is 4. The summed E-state index contributed by atoms with van der Waals surface area (Å²) in [5.41, 5.74) is 5.22. The van der Waals surface area contributed by atoms with E-state index in [0.29, 0.717) is 12.4 Å². The lowest BCUT2D eigenvalue weighted by Crippen LogP contribution is -2.16. The van der Waals surface area contributed by atoms with Crippen molar-refractivity contribution in [3.8, 4) is 0 Å². The molecule has 0 saturated carbocycles. The van der Waals surface area contributed by atoms with Crippen molar-refractivity contribution < 1.29 is 4.74 Å². The average Bonchev–Trinajstić information content (AvgIpc) is 2.12. The molecule has 0 spiro atoms. The van der Waals surface area contributed by atoms with Gasteiger partial charge in [-0.2, -0.15) is 0 Å². The summed E-state index contributed by atoms with van der Waals surface area (Å²) in [4.78, 5) is 17.7. The largest absolute Gasteiger partial charge is 0.383 e. The summed E-state index contributed by atoms with van der Waals surface area (Å²) >= 11 is 0. The maximum atomic E-state index is 11.1. The molecule has 0 aliphatic rings. The third-order valence-electron chi connectivity index (χ3n) is 1.82. The van der Waals surface area contributed by atoms with Gasteiger partial charge in [0.25, 0.3) is 5.56 Å². The summed E-state index contributed by atoms with van der Waals surface area (Å²) in [6.45, 7) is 4.44. The van der Waals surface area contributed by atoms with Gasteiger partial charge < -0.3 is 15.5 Å². The Morgan fingerprint density at radius 1 is 1.64 bits per heavy atom. The monoisotopic (exact) mass is 197 g/mol. The highest BCUT2D eigenvalue weighted by Crippen LogP contribution is 2.15. The second-order valence-electron chi connectivity index (χ2n) is 2.91. The predicted octanol–water partition coefficient (Wildman–Crippen LogP) is 0.840. The Bertz CT molecular complexity index is 348. The lowest BCUT2D eigenvalue weighted by Gasteiger charge is -2.13. The first-order chi connectivity index (χ1) is 6.67. The molecule has 0 aliphatic carbocycles. The van der Waals surface area contributed by atoms with Gasteiger partial charge in [0.05, 0.1) is 0 Å². The van der Waals surface area contributed by atoms with E-state index in [0.717, 1.165) is 6.42 Å². The molecule has 3 N–H and O–H groups in total. The average molecular weight is 197 g/mol. The number of nitrogens with two attached hydrogens (primary N) is 1. The van der Waals surface area contributed by atoms with Crippen molar-refractivity contribution in [2.24, 2.45) is 0 Å². The molecule has 0 saturated heterocycles. The number of hydrogen-bond acceptors (Lipinski definition) is 4. The van der Waals surface area contributed by atoms with Crippen molar-refractivity contribution in [1.82, 2.24) is 9.97 Å². The molecule has 5 heteroatoms. The summed E-state index contributed by atoms with van der Waals surface area (Å²) in [6, 6.07) is 1.25. The predicted molar refractivity (Wildman–Crippen MR) is 53.9 cm³/mol. The van der Waals surface area contributed by atoms with E-state index in [1.54, 1.807) is 0 Å². The Balaban J connectivity index is 2.97. The summed E-state index contributed by atoms with van der Waals surface area (Å²) in [5.74, 6) is 0.723.